The van der Waals surface area contributed by atoms with Crippen molar-refractivity contribution in [3.05, 3.63) is 34.4 Å². The van der Waals surface area contributed by atoms with E-state index in [-0.39, 0.29) is 22.9 Å². The summed E-state index contributed by atoms with van der Waals surface area (Å²) in [5.74, 6) is 0. The lowest BCUT2D eigenvalue weighted by Gasteiger charge is -2.49. The number of hydrogen-bond acceptors (Lipinski definition) is 7. The quantitative estimate of drug-likeness (QED) is 0.142. The highest BCUT2D eigenvalue weighted by molar-refractivity contribution is 7.80. The fraction of sp³-hybridized carbons (Fsp3) is 0.684. The van der Waals surface area contributed by atoms with Crippen LogP contribution in [0.25, 0.3) is 0 Å². The van der Waals surface area contributed by atoms with Crippen LogP contribution in [0, 0.1) is 10.1 Å². The van der Waals surface area contributed by atoms with Crippen molar-refractivity contribution < 1.29 is 31.0 Å². The number of nitro benzene ring substituents is 1. The second-order valence-corrected chi connectivity index (χ2v) is 9.92. The third-order valence-electron chi connectivity index (χ3n) is 4.72. The van der Waals surface area contributed by atoms with Crippen molar-refractivity contribution in [3.63, 3.8) is 0 Å². The Morgan fingerprint density at radius 3 is 1.50 bits per heavy atom. The van der Waals surface area contributed by atoms with E-state index in [2.05, 4.69) is 65.2 Å². The minimum absolute atomic E-state index is 0.135. The zero-order chi connectivity index (χ0) is 23.9. The maximum absolute atomic E-state index is 11.0. The average Bonchev–Trinajstić information content (AvgIpc) is 2.59. The van der Waals surface area contributed by atoms with Gasteiger partial charge in [-0.3, -0.25) is 19.2 Å². The van der Waals surface area contributed by atoms with Crippen LogP contribution in [0.1, 0.15) is 26.7 Å². The zero-order valence-electron chi connectivity index (χ0n) is 19.5. The molecule has 0 heterocycles. The van der Waals surface area contributed by atoms with E-state index in [1.165, 1.54) is 0 Å². The molecule has 174 valence electrons. The second-order valence-electron chi connectivity index (χ2n) is 8.77. The van der Waals surface area contributed by atoms with E-state index in [1.807, 2.05) is 12.1 Å². The Hall–Kier alpha value is -1.79. The molecule has 1 rings (SSSR count). The van der Waals surface area contributed by atoms with Gasteiger partial charge in [-0.05, 0) is 12.1 Å². The molecule has 0 N–H and O–H groups in total. The normalized spacial score (nSPS) is 14.3. The fourth-order valence-corrected chi connectivity index (χ4v) is 3.52. The molecule has 0 fully saturated rings. The molecule has 0 bridgehead atoms. The Labute approximate surface area is 180 Å². The largest absolute Gasteiger partial charge is 0.726 e. The molecule has 0 amide bonds. The summed E-state index contributed by atoms with van der Waals surface area (Å²) < 4.78 is 32.6. The van der Waals surface area contributed by atoms with Gasteiger partial charge in [-0.15, -0.1) is 0 Å². The Balaban J connectivity index is 0.00000122. The average molecular weight is 450 g/mol. The number of hydrogen-bond donors (Lipinski definition) is 0. The van der Waals surface area contributed by atoms with E-state index in [1.54, 1.807) is 12.1 Å². The van der Waals surface area contributed by atoms with Crippen molar-refractivity contribution in [1.82, 2.24) is 0 Å². The molecule has 0 spiro atoms. The van der Waals surface area contributed by atoms with Gasteiger partial charge in [0, 0.05) is 30.7 Å². The highest BCUT2D eigenvalue weighted by atomic mass is 32.3. The smallest absolute Gasteiger partial charge is 0.269 e. The minimum atomic E-state index is -4.41. The van der Waals surface area contributed by atoms with Gasteiger partial charge in [0.1, 0.15) is 0 Å². The van der Waals surface area contributed by atoms with Gasteiger partial charge in [-0.2, -0.15) is 0 Å². The van der Waals surface area contributed by atoms with E-state index in [4.69, 9.17) is 0 Å². The Kier molecular flexibility index (Phi) is 10.3. The van der Waals surface area contributed by atoms with E-state index >= 15 is 0 Å². The maximum atomic E-state index is 11.0. The van der Waals surface area contributed by atoms with Crippen LogP contribution in [-0.2, 0) is 14.6 Å². The number of benzene rings is 1. The van der Waals surface area contributed by atoms with Crippen LogP contribution in [0.4, 0.5) is 11.4 Å². The molecule has 1 aromatic rings. The summed E-state index contributed by atoms with van der Waals surface area (Å²) in [6.45, 7) is 4.41. The lowest BCUT2D eigenvalue weighted by atomic mass is 10.1. The van der Waals surface area contributed by atoms with Crippen molar-refractivity contribution in [3.8, 4) is 0 Å². The summed E-state index contributed by atoms with van der Waals surface area (Å²) in [5, 5.41) is 11.0. The van der Waals surface area contributed by atoms with E-state index in [0.29, 0.717) is 0 Å². The van der Waals surface area contributed by atoms with Gasteiger partial charge in [-0.25, -0.2) is 8.42 Å². The van der Waals surface area contributed by atoms with Crippen LogP contribution in [0.5, 0.6) is 0 Å². The molecule has 0 aliphatic carbocycles. The molecule has 2 atom stereocenters. The third-order valence-corrected chi connectivity index (χ3v) is 5.13. The number of nitro groups is 1. The summed E-state index contributed by atoms with van der Waals surface area (Å²) in [7, 11) is 9.62. The first kappa shape index (κ1) is 28.2. The molecular weight excluding hydrogens is 412 g/mol. The van der Waals surface area contributed by atoms with Crippen LogP contribution in [0.2, 0.25) is 0 Å². The first-order valence-corrected chi connectivity index (χ1v) is 11.0. The lowest BCUT2D eigenvalue weighted by Crippen LogP contribution is -2.64. The topological polar surface area (TPSA) is 113 Å². The summed E-state index contributed by atoms with van der Waals surface area (Å²) in [6, 6.07) is 6.98. The second kappa shape index (κ2) is 11.0. The van der Waals surface area contributed by atoms with Crippen LogP contribution in [-0.4, -0.2) is 88.6 Å². The summed E-state index contributed by atoms with van der Waals surface area (Å²) in [4.78, 5) is 13.1. The molecule has 0 aliphatic heterocycles. The van der Waals surface area contributed by atoms with Crippen molar-refractivity contribution in [2.75, 3.05) is 54.3 Å². The number of rotatable bonds is 9. The minimum Gasteiger partial charge on any atom is -0.726 e. The van der Waals surface area contributed by atoms with Gasteiger partial charge in [0.25, 0.3) is 5.69 Å². The van der Waals surface area contributed by atoms with E-state index in [0.717, 1.165) is 34.6 Å². The van der Waals surface area contributed by atoms with Gasteiger partial charge < -0.3 is 13.5 Å². The monoisotopic (exact) mass is 449 g/mol. The van der Waals surface area contributed by atoms with Crippen LogP contribution in [0.3, 0.4) is 0 Å². The molecular formula is C19H37N4O6S+. The molecule has 30 heavy (non-hydrogen) atoms. The summed E-state index contributed by atoms with van der Waals surface area (Å²) >= 11 is 0. The summed E-state index contributed by atoms with van der Waals surface area (Å²) in [6.07, 6.45) is 2.57. The maximum Gasteiger partial charge on any atom is 0.269 e. The van der Waals surface area contributed by atoms with Gasteiger partial charge in [0.15, 0.2) is 12.3 Å². The van der Waals surface area contributed by atoms with Gasteiger partial charge >= 0.3 is 0 Å². The van der Waals surface area contributed by atoms with Gasteiger partial charge in [0.05, 0.1) is 54.3 Å². The molecule has 10 nitrogen and oxygen atoms in total. The Morgan fingerprint density at radius 1 is 0.967 bits per heavy atom. The highest BCUT2D eigenvalue weighted by Crippen LogP contribution is 2.30. The van der Waals surface area contributed by atoms with Crippen molar-refractivity contribution in [2.45, 2.75) is 39.0 Å². The fourth-order valence-electron chi connectivity index (χ4n) is 3.52. The molecule has 11 heteroatoms. The van der Waals surface area contributed by atoms with Gasteiger partial charge in [-0.1, -0.05) is 13.8 Å². The van der Waals surface area contributed by atoms with Crippen LogP contribution >= 0.6 is 0 Å². The molecule has 2 unspecified atom stereocenters. The van der Waals surface area contributed by atoms with Crippen molar-refractivity contribution in [2.24, 2.45) is 0 Å². The number of nitrogens with zero attached hydrogens (tertiary/aromatic N) is 4. The van der Waals surface area contributed by atoms with Crippen LogP contribution in [0.15, 0.2) is 24.3 Å². The predicted molar refractivity (Wildman–Crippen MR) is 117 cm³/mol. The molecule has 0 aromatic heterocycles. The molecule has 0 saturated carbocycles. The first-order valence-electron chi connectivity index (χ1n) is 9.66. The number of anilines is 1. The first-order chi connectivity index (χ1) is 13.5. The van der Waals surface area contributed by atoms with E-state index < -0.39 is 10.4 Å². The molecule has 0 saturated heterocycles. The standard InChI is InChI=1S/C18H34N4O2.CH4O4S/c1-9-17(21(3,4)5)19(18(10-2)22(6,7)8)15-11-13-16(14-12-15)20(23)24;1-5-6(2,3)4/h11-14,17-18H,9-10H2,1-8H3;1H3,(H,2,3,4)/q+2;/p-1. The summed E-state index contributed by atoms with van der Waals surface area (Å²) in [5.41, 5.74) is 1.18. The Morgan fingerprint density at radius 2 is 1.30 bits per heavy atom. The molecule has 0 radical (unpaired) electrons. The predicted octanol–water partition coefficient (Wildman–Crippen LogP) is 2.38. The van der Waals surface area contributed by atoms with Crippen LogP contribution < -0.4 is 4.90 Å². The number of non-ortho nitro benzene ring substituents is 1. The SMILES string of the molecule is CCC(N(c1ccc([N+](=O)[O-])cc1)C(CC)[N+](C)(C)C)[N+](C)(C)C.COS(=O)(=O)[O-]. The van der Waals surface area contributed by atoms with E-state index in [9.17, 15) is 23.1 Å². The Bertz CT molecular complexity index is 748. The zero-order valence-corrected chi connectivity index (χ0v) is 20.3. The highest BCUT2D eigenvalue weighted by Gasteiger charge is 2.39. The molecule has 1 aromatic carbocycles. The van der Waals surface area contributed by atoms with Gasteiger partial charge in [0.2, 0.25) is 10.4 Å². The lowest BCUT2D eigenvalue weighted by molar-refractivity contribution is -0.918. The number of quaternary nitrogens is 2. The van der Waals surface area contributed by atoms with Crippen molar-refractivity contribution >= 4 is 21.8 Å². The third kappa shape index (κ3) is 8.92. The van der Waals surface area contributed by atoms with Crippen molar-refractivity contribution in [1.29, 1.82) is 0 Å². The molecule has 0 aliphatic rings.